The number of benzene rings is 1. The molecule has 0 spiro atoms. The largest absolute Gasteiger partial charge is 0.382 e. The molecule has 0 bridgehead atoms. The Kier molecular flexibility index (Phi) is 13.8. The summed E-state index contributed by atoms with van der Waals surface area (Å²) in [5, 5.41) is 6.69. The minimum absolute atomic E-state index is 0. The molecule has 2 N–H and O–H groups in total. The summed E-state index contributed by atoms with van der Waals surface area (Å²) in [6.45, 7) is 10.3. The van der Waals surface area contributed by atoms with Gasteiger partial charge in [0.1, 0.15) is 0 Å². The Bertz CT molecular complexity index is 498. The zero-order valence-corrected chi connectivity index (χ0v) is 18.6. The molecule has 0 unspecified atom stereocenters. The van der Waals surface area contributed by atoms with Crippen LogP contribution in [0.15, 0.2) is 17.1 Å². The lowest BCUT2D eigenvalue weighted by Gasteiger charge is -2.14. The fourth-order valence-corrected chi connectivity index (χ4v) is 2.76. The maximum atomic E-state index is 5.44. The summed E-state index contributed by atoms with van der Waals surface area (Å²) >= 11 is 0. The molecule has 0 aliphatic heterocycles. The van der Waals surface area contributed by atoms with E-state index in [1.165, 1.54) is 22.3 Å². The van der Waals surface area contributed by atoms with Gasteiger partial charge in [0.2, 0.25) is 0 Å². The van der Waals surface area contributed by atoms with E-state index in [1.807, 2.05) is 0 Å². The monoisotopic (exact) mass is 463 g/mol. The molecule has 0 atom stereocenters. The number of ether oxygens (including phenoxy) is 2. The van der Waals surface area contributed by atoms with Crippen LogP contribution in [0, 0.1) is 20.8 Å². The standard InChI is InChI=1S/C19H33N3O2.HI/c1-15-13-16(2)18(17(3)14-15)7-9-22-19(20-4)21-8-6-10-24-12-11-23-5;/h13-14H,6-12H2,1-5H3,(H2,20,21,22);1H. The molecular formula is C19H34IN3O2. The summed E-state index contributed by atoms with van der Waals surface area (Å²) in [5.41, 5.74) is 5.48. The van der Waals surface area contributed by atoms with E-state index < -0.39 is 0 Å². The first kappa shape index (κ1) is 24.1. The van der Waals surface area contributed by atoms with Crippen LogP contribution in [-0.2, 0) is 15.9 Å². The fraction of sp³-hybridized carbons (Fsp3) is 0.632. The highest BCUT2D eigenvalue weighted by molar-refractivity contribution is 14.0. The van der Waals surface area contributed by atoms with Crippen molar-refractivity contribution < 1.29 is 9.47 Å². The molecule has 0 radical (unpaired) electrons. The second kappa shape index (κ2) is 14.3. The lowest BCUT2D eigenvalue weighted by atomic mass is 9.97. The Morgan fingerprint density at radius 2 is 1.64 bits per heavy atom. The third kappa shape index (κ3) is 10.0. The maximum absolute atomic E-state index is 5.44. The van der Waals surface area contributed by atoms with E-state index in [1.54, 1.807) is 14.2 Å². The van der Waals surface area contributed by atoms with E-state index in [0.717, 1.165) is 38.5 Å². The van der Waals surface area contributed by atoms with Crippen molar-refractivity contribution in [1.29, 1.82) is 0 Å². The zero-order chi connectivity index (χ0) is 17.8. The van der Waals surface area contributed by atoms with E-state index in [4.69, 9.17) is 9.47 Å². The summed E-state index contributed by atoms with van der Waals surface area (Å²) in [7, 11) is 3.48. The Morgan fingerprint density at radius 3 is 2.24 bits per heavy atom. The molecule has 0 aromatic heterocycles. The number of nitrogens with one attached hydrogen (secondary N) is 2. The number of aryl methyl sites for hydroxylation is 3. The van der Waals surface area contributed by atoms with E-state index in [2.05, 4.69) is 48.5 Å². The van der Waals surface area contributed by atoms with E-state index in [-0.39, 0.29) is 24.0 Å². The van der Waals surface area contributed by atoms with E-state index >= 15 is 0 Å². The van der Waals surface area contributed by atoms with Crippen LogP contribution in [0.5, 0.6) is 0 Å². The smallest absolute Gasteiger partial charge is 0.190 e. The SMILES string of the molecule is CN=C(NCCCOCCOC)NCCc1c(C)cc(C)cc1C.I. The lowest BCUT2D eigenvalue weighted by molar-refractivity contribution is 0.0698. The van der Waals surface area contributed by atoms with Crippen molar-refractivity contribution >= 4 is 29.9 Å². The minimum Gasteiger partial charge on any atom is -0.382 e. The van der Waals surface area contributed by atoms with E-state index in [0.29, 0.717) is 13.2 Å². The van der Waals surface area contributed by atoms with Crippen molar-refractivity contribution in [1.82, 2.24) is 10.6 Å². The zero-order valence-electron chi connectivity index (χ0n) is 16.3. The summed E-state index contributed by atoms with van der Waals surface area (Å²) in [5.74, 6) is 0.842. The Labute approximate surface area is 170 Å². The van der Waals surface area contributed by atoms with Gasteiger partial charge in [-0.15, -0.1) is 24.0 Å². The molecule has 0 aliphatic rings. The van der Waals surface area contributed by atoms with Gasteiger partial charge in [-0.25, -0.2) is 0 Å². The Balaban J connectivity index is 0.00000576. The van der Waals surface area contributed by atoms with E-state index in [9.17, 15) is 0 Å². The van der Waals surface area contributed by atoms with Gasteiger partial charge in [0.05, 0.1) is 13.2 Å². The van der Waals surface area contributed by atoms with Crippen LogP contribution < -0.4 is 10.6 Å². The predicted octanol–water partition coefficient (Wildman–Crippen LogP) is 2.99. The van der Waals surface area contributed by atoms with Crippen molar-refractivity contribution in [2.45, 2.75) is 33.6 Å². The molecular weight excluding hydrogens is 429 g/mol. The van der Waals surface area contributed by atoms with Crippen molar-refractivity contribution in [3.8, 4) is 0 Å². The second-order valence-corrected chi connectivity index (χ2v) is 6.01. The average Bonchev–Trinajstić information content (AvgIpc) is 2.54. The molecule has 1 aromatic carbocycles. The van der Waals surface area contributed by atoms with Crippen LogP contribution in [-0.4, -0.2) is 53.0 Å². The number of guanidine groups is 1. The van der Waals surface area contributed by atoms with Gasteiger partial charge in [0, 0.05) is 33.9 Å². The second-order valence-electron chi connectivity index (χ2n) is 6.01. The van der Waals surface area contributed by atoms with Gasteiger partial charge in [0.15, 0.2) is 5.96 Å². The van der Waals surface area contributed by atoms with Crippen LogP contribution >= 0.6 is 24.0 Å². The van der Waals surface area contributed by atoms with Gasteiger partial charge >= 0.3 is 0 Å². The summed E-state index contributed by atoms with van der Waals surface area (Å²) < 4.78 is 10.4. The highest BCUT2D eigenvalue weighted by Gasteiger charge is 2.04. The molecule has 0 saturated heterocycles. The van der Waals surface area contributed by atoms with Crippen molar-refractivity contribution in [2.24, 2.45) is 4.99 Å². The highest BCUT2D eigenvalue weighted by atomic mass is 127. The fourth-order valence-electron chi connectivity index (χ4n) is 2.76. The average molecular weight is 463 g/mol. The third-order valence-electron chi connectivity index (χ3n) is 3.92. The number of nitrogens with zero attached hydrogens (tertiary/aromatic N) is 1. The van der Waals surface area contributed by atoms with Crippen LogP contribution in [0.2, 0.25) is 0 Å². The number of aliphatic imine (C=N–C) groups is 1. The molecule has 1 aromatic rings. The predicted molar refractivity (Wildman–Crippen MR) is 116 cm³/mol. The summed E-state index contributed by atoms with van der Waals surface area (Å²) in [4.78, 5) is 4.26. The molecule has 0 saturated carbocycles. The lowest BCUT2D eigenvalue weighted by Crippen LogP contribution is -2.39. The van der Waals surface area contributed by atoms with Crippen molar-refractivity contribution in [3.05, 3.63) is 34.4 Å². The highest BCUT2D eigenvalue weighted by Crippen LogP contribution is 2.16. The molecule has 5 nitrogen and oxygen atoms in total. The number of rotatable bonds is 10. The first-order valence-corrected chi connectivity index (χ1v) is 8.66. The molecule has 6 heteroatoms. The first-order valence-electron chi connectivity index (χ1n) is 8.66. The van der Waals surface area contributed by atoms with Crippen LogP contribution in [0.1, 0.15) is 28.7 Å². The van der Waals surface area contributed by atoms with Crippen LogP contribution in [0.4, 0.5) is 0 Å². The topological polar surface area (TPSA) is 54.9 Å². The number of methoxy groups -OCH3 is 1. The normalized spacial score (nSPS) is 11.2. The third-order valence-corrected chi connectivity index (χ3v) is 3.92. The molecule has 25 heavy (non-hydrogen) atoms. The first-order chi connectivity index (χ1) is 11.6. The molecule has 1 rings (SSSR count). The van der Waals surface area contributed by atoms with Gasteiger partial charge in [-0.3, -0.25) is 4.99 Å². The number of hydrogen-bond acceptors (Lipinski definition) is 3. The molecule has 0 amide bonds. The minimum atomic E-state index is 0. The van der Waals surface area contributed by atoms with Gasteiger partial charge in [-0.05, 0) is 50.3 Å². The molecule has 144 valence electrons. The molecule has 0 heterocycles. The van der Waals surface area contributed by atoms with Crippen LogP contribution in [0.25, 0.3) is 0 Å². The van der Waals surface area contributed by atoms with Gasteiger partial charge in [-0.2, -0.15) is 0 Å². The van der Waals surface area contributed by atoms with Gasteiger partial charge in [-0.1, -0.05) is 17.7 Å². The Hall–Kier alpha value is -0.860. The summed E-state index contributed by atoms with van der Waals surface area (Å²) in [6, 6.07) is 4.50. The summed E-state index contributed by atoms with van der Waals surface area (Å²) in [6.07, 6.45) is 1.94. The van der Waals surface area contributed by atoms with Crippen molar-refractivity contribution in [3.63, 3.8) is 0 Å². The van der Waals surface area contributed by atoms with Gasteiger partial charge in [0.25, 0.3) is 0 Å². The van der Waals surface area contributed by atoms with Gasteiger partial charge < -0.3 is 20.1 Å². The molecule has 0 aliphatic carbocycles. The number of hydrogen-bond donors (Lipinski definition) is 2. The maximum Gasteiger partial charge on any atom is 0.190 e. The quantitative estimate of drug-likeness (QED) is 0.243. The van der Waals surface area contributed by atoms with Crippen LogP contribution in [0.3, 0.4) is 0 Å². The Morgan fingerprint density at radius 1 is 1.00 bits per heavy atom. The molecule has 0 fully saturated rings. The number of halogens is 1. The van der Waals surface area contributed by atoms with Crippen molar-refractivity contribution in [2.75, 3.05) is 47.1 Å².